The van der Waals surface area contributed by atoms with Gasteiger partial charge < -0.3 is 14.9 Å². The Morgan fingerprint density at radius 3 is 2.40 bits per heavy atom. The van der Waals surface area contributed by atoms with Gasteiger partial charge in [-0.15, -0.1) is 11.3 Å². The third-order valence-electron chi connectivity index (χ3n) is 6.67. The lowest BCUT2D eigenvalue weighted by Crippen LogP contribution is -2.46. The van der Waals surface area contributed by atoms with E-state index in [1.807, 2.05) is 38.3 Å². The van der Waals surface area contributed by atoms with Gasteiger partial charge in [-0.25, -0.2) is 4.98 Å². The van der Waals surface area contributed by atoms with E-state index in [9.17, 15) is 24.6 Å². The Morgan fingerprint density at radius 1 is 1.14 bits per heavy atom. The Bertz CT molecular complexity index is 1030. The van der Waals surface area contributed by atoms with Crippen LogP contribution in [0.2, 0.25) is 0 Å². The number of hydrogen-bond donors (Lipinski definition) is 2. The van der Waals surface area contributed by atoms with Gasteiger partial charge >= 0.3 is 5.97 Å². The average Bonchev–Trinajstić information content (AvgIpc) is 3.21. The zero-order valence-electron chi connectivity index (χ0n) is 21.6. The summed E-state index contributed by atoms with van der Waals surface area (Å²) in [5.74, 6) is -3.07. The van der Waals surface area contributed by atoms with Crippen molar-refractivity contribution in [3.63, 3.8) is 0 Å². The highest BCUT2D eigenvalue weighted by Crippen LogP contribution is 2.31. The van der Waals surface area contributed by atoms with Crippen molar-refractivity contribution in [1.82, 2.24) is 4.98 Å². The number of carbonyl (C=O) groups excluding carboxylic acids is 3. The number of allylic oxidation sites excluding steroid dienone is 3. The van der Waals surface area contributed by atoms with Gasteiger partial charge in [-0.1, -0.05) is 45.4 Å². The maximum Gasteiger partial charge on any atom is 0.309 e. The number of aryl methyl sites for hydroxylation is 1. The van der Waals surface area contributed by atoms with Crippen LogP contribution < -0.4 is 0 Å². The number of aliphatic hydroxyl groups excluding tert-OH is 2. The second-order valence-corrected chi connectivity index (χ2v) is 11.0. The number of thiazole rings is 1. The van der Waals surface area contributed by atoms with Crippen LogP contribution in [0.15, 0.2) is 34.8 Å². The molecule has 7 nitrogen and oxygen atoms in total. The molecule has 0 aliphatic carbocycles. The molecule has 8 heteroatoms. The van der Waals surface area contributed by atoms with Crippen LogP contribution in [0, 0.1) is 24.2 Å². The SMILES string of the molecule is CC1=CCC(/C(C)=C/c2csc(C)n2)OC(=O)C[C@H](O)C(C)(C)C(=O)[C@H](C)[C@@H](O)[C@@H](C)C(=O)C=C1. The van der Waals surface area contributed by atoms with Crippen molar-refractivity contribution in [3.8, 4) is 0 Å². The minimum Gasteiger partial charge on any atom is -0.457 e. The summed E-state index contributed by atoms with van der Waals surface area (Å²) in [6.07, 6.45) is 3.60. The van der Waals surface area contributed by atoms with Crippen LogP contribution in [0.1, 0.15) is 65.1 Å². The fourth-order valence-corrected chi connectivity index (χ4v) is 4.52. The van der Waals surface area contributed by atoms with E-state index in [1.54, 1.807) is 13.0 Å². The summed E-state index contributed by atoms with van der Waals surface area (Å²) in [6.45, 7) is 11.8. The molecule has 1 unspecified atom stereocenters. The summed E-state index contributed by atoms with van der Waals surface area (Å²) in [6, 6.07) is 0. The van der Waals surface area contributed by atoms with Crippen LogP contribution in [-0.4, -0.2) is 51.0 Å². The van der Waals surface area contributed by atoms with Crippen LogP contribution in [0.25, 0.3) is 6.08 Å². The highest BCUT2D eigenvalue weighted by atomic mass is 32.1. The number of nitrogens with zero attached hydrogens (tertiary/aromatic N) is 1. The standard InChI is InChI=1S/C27H37NO6S/c1-15-8-10-21(29)17(3)25(32)18(4)26(33)27(6,7)23(30)13-24(31)34-22(11-9-15)16(2)12-20-14-35-19(5)28-20/h8-10,12,14,17-18,22-23,25,30,32H,11,13H2,1-7H3/b10-8?,15-9?,16-12+/t17-,18+,22?,23-,25-/m0/s1. The van der Waals surface area contributed by atoms with Crippen LogP contribution in [0.4, 0.5) is 0 Å². The number of esters is 1. The number of aliphatic hydroxyl groups is 2. The molecule has 5 atom stereocenters. The van der Waals surface area contributed by atoms with Gasteiger partial charge in [0.05, 0.1) is 34.7 Å². The van der Waals surface area contributed by atoms with Crippen molar-refractivity contribution in [2.75, 3.05) is 0 Å². The Balaban J connectivity index is 2.43. The molecule has 2 heterocycles. The Hall–Kier alpha value is -2.42. The zero-order valence-corrected chi connectivity index (χ0v) is 22.4. The highest BCUT2D eigenvalue weighted by Gasteiger charge is 2.43. The third kappa shape index (κ3) is 7.53. The average molecular weight is 504 g/mol. The molecule has 2 N–H and O–H groups in total. The number of rotatable bonds is 2. The maximum atomic E-state index is 13.1. The largest absolute Gasteiger partial charge is 0.457 e. The molecular weight excluding hydrogens is 466 g/mol. The van der Waals surface area contributed by atoms with Crippen LogP contribution >= 0.6 is 11.3 Å². The molecule has 35 heavy (non-hydrogen) atoms. The van der Waals surface area contributed by atoms with E-state index in [-0.39, 0.29) is 12.2 Å². The molecule has 0 aromatic carbocycles. The van der Waals surface area contributed by atoms with E-state index in [0.29, 0.717) is 6.42 Å². The molecule has 2 rings (SSSR count). The topological polar surface area (TPSA) is 114 Å². The summed E-state index contributed by atoms with van der Waals surface area (Å²) in [7, 11) is 0. The number of carbonyl (C=O) groups is 3. The smallest absolute Gasteiger partial charge is 0.309 e. The summed E-state index contributed by atoms with van der Waals surface area (Å²) in [5, 5.41) is 24.3. The molecule has 1 aliphatic rings. The van der Waals surface area contributed by atoms with Gasteiger partial charge in [0.15, 0.2) is 5.78 Å². The minimum absolute atomic E-state index is 0.298. The summed E-state index contributed by atoms with van der Waals surface area (Å²) >= 11 is 1.52. The second kappa shape index (κ2) is 12.0. The van der Waals surface area contributed by atoms with E-state index in [0.717, 1.165) is 21.8 Å². The van der Waals surface area contributed by atoms with E-state index in [2.05, 4.69) is 4.98 Å². The first kappa shape index (κ1) is 28.8. The summed E-state index contributed by atoms with van der Waals surface area (Å²) < 4.78 is 5.74. The second-order valence-electron chi connectivity index (χ2n) is 9.95. The zero-order chi connectivity index (χ0) is 26.5. The van der Waals surface area contributed by atoms with Crippen molar-refractivity contribution < 1.29 is 29.3 Å². The van der Waals surface area contributed by atoms with Gasteiger partial charge in [0.25, 0.3) is 0 Å². The molecule has 0 saturated carbocycles. The Labute approximate surface area is 211 Å². The molecule has 1 aromatic heterocycles. The lowest BCUT2D eigenvalue weighted by atomic mass is 9.73. The summed E-state index contributed by atoms with van der Waals surface area (Å²) in [5.41, 5.74) is 1.01. The number of Topliss-reactive ketones (excluding diaryl/α,β-unsaturated/α-hetero) is 1. The van der Waals surface area contributed by atoms with Gasteiger partial charge in [0.2, 0.25) is 0 Å². The van der Waals surface area contributed by atoms with E-state index in [1.165, 1.54) is 38.2 Å². The normalized spacial score (nSPS) is 29.6. The molecule has 1 aromatic rings. The van der Waals surface area contributed by atoms with Crippen LogP contribution in [0.5, 0.6) is 0 Å². The fraction of sp³-hybridized carbons (Fsp3) is 0.556. The maximum absolute atomic E-state index is 13.1. The molecule has 0 fully saturated rings. The number of ether oxygens (including phenoxy) is 1. The molecule has 0 amide bonds. The fourth-order valence-electron chi connectivity index (χ4n) is 3.95. The monoisotopic (exact) mass is 503 g/mol. The number of hydrogen-bond acceptors (Lipinski definition) is 8. The van der Waals surface area contributed by atoms with Gasteiger partial charge in [0, 0.05) is 23.6 Å². The number of ketones is 2. The number of cyclic esters (lactones) is 1. The van der Waals surface area contributed by atoms with Crippen molar-refractivity contribution in [1.29, 1.82) is 0 Å². The third-order valence-corrected chi connectivity index (χ3v) is 7.47. The molecule has 0 radical (unpaired) electrons. The van der Waals surface area contributed by atoms with E-state index >= 15 is 0 Å². The molecule has 0 saturated heterocycles. The van der Waals surface area contributed by atoms with E-state index in [4.69, 9.17) is 4.74 Å². The Kier molecular flexibility index (Phi) is 9.89. The quantitative estimate of drug-likeness (QED) is 0.581. The molecule has 192 valence electrons. The lowest BCUT2D eigenvalue weighted by Gasteiger charge is -2.34. The van der Waals surface area contributed by atoms with Crippen LogP contribution in [-0.2, 0) is 19.1 Å². The molecule has 0 bridgehead atoms. The predicted molar refractivity (Wildman–Crippen MR) is 137 cm³/mol. The first-order valence-electron chi connectivity index (χ1n) is 11.8. The van der Waals surface area contributed by atoms with Gasteiger partial charge in [0.1, 0.15) is 11.9 Å². The predicted octanol–water partition coefficient (Wildman–Crippen LogP) is 4.22. The molecule has 0 spiro atoms. The first-order chi connectivity index (χ1) is 16.2. The minimum atomic E-state index is -1.33. The first-order valence-corrected chi connectivity index (χ1v) is 12.7. The summed E-state index contributed by atoms with van der Waals surface area (Å²) in [4.78, 5) is 43.0. The van der Waals surface area contributed by atoms with Crippen LogP contribution in [0.3, 0.4) is 0 Å². The van der Waals surface area contributed by atoms with Gasteiger partial charge in [-0.05, 0) is 38.5 Å². The molecule has 1 aliphatic heterocycles. The Morgan fingerprint density at radius 2 is 1.80 bits per heavy atom. The van der Waals surface area contributed by atoms with Crippen molar-refractivity contribution in [2.45, 2.75) is 79.6 Å². The van der Waals surface area contributed by atoms with Crippen molar-refractivity contribution in [2.24, 2.45) is 17.3 Å². The van der Waals surface area contributed by atoms with Gasteiger partial charge in [-0.2, -0.15) is 0 Å². The lowest BCUT2D eigenvalue weighted by molar-refractivity contribution is -0.154. The van der Waals surface area contributed by atoms with Gasteiger partial charge in [-0.3, -0.25) is 14.4 Å². The van der Waals surface area contributed by atoms with E-state index < -0.39 is 47.3 Å². The highest BCUT2D eigenvalue weighted by molar-refractivity contribution is 7.09. The van der Waals surface area contributed by atoms with Crippen molar-refractivity contribution in [3.05, 3.63) is 45.5 Å². The molecular formula is C27H37NO6S. The number of aromatic nitrogens is 1. The van der Waals surface area contributed by atoms with Crippen molar-refractivity contribution >= 4 is 34.9 Å².